The summed E-state index contributed by atoms with van der Waals surface area (Å²) in [6.07, 6.45) is 8.67. The average molecular weight is 381 g/mol. The second-order valence-electron chi connectivity index (χ2n) is 7.06. The highest BCUT2D eigenvalue weighted by atomic mass is 16.5. The van der Waals surface area contributed by atoms with Crippen LogP contribution in [-0.4, -0.2) is 43.6 Å². The summed E-state index contributed by atoms with van der Waals surface area (Å²) in [6.45, 7) is 1.32. The summed E-state index contributed by atoms with van der Waals surface area (Å²) in [7, 11) is 1.64. The number of benzene rings is 2. The van der Waals surface area contributed by atoms with Crippen molar-refractivity contribution in [1.82, 2.24) is 4.90 Å². The number of hydrogen-bond donors (Lipinski definition) is 0. The molecule has 0 aromatic heterocycles. The van der Waals surface area contributed by atoms with Gasteiger partial charge >= 0.3 is 5.97 Å². The summed E-state index contributed by atoms with van der Waals surface area (Å²) < 4.78 is 10.4. The summed E-state index contributed by atoms with van der Waals surface area (Å²) in [6, 6.07) is 11.7. The van der Waals surface area contributed by atoms with Gasteiger partial charge in [-0.05, 0) is 53.5 Å². The van der Waals surface area contributed by atoms with Crippen LogP contribution in [0.25, 0.3) is 16.8 Å². The maximum atomic E-state index is 12.3. The predicted molar refractivity (Wildman–Crippen MR) is 110 cm³/mol. The molecule has 0 radical (unpaired) electrons. The van der Waals surface area contributed by atoms with Gasteiger partial charge < -0.3 is 14.4 Å². The van der Waals surface area contributed by atoms with E-state index < -0.39 is 5.97 Å². The minimum Gasteiger partial charge on any atom is -0.497 e. The summed E-state index contributed by atoms with van der Waals surface area (Å²) in [5.74, 6) is 0.197. The van der Waals surface area contributed by atoms with Gasteiger partial charge in [0.25, 0.3) is 5.91 Å². The molecule has 0 unspecified atom stereocenters. The van der Waals surface area contributed by atoms with E-state index in [9.17, 15) is 9.59 Å². The minimum atomic E-state index is -0.504. The van der Waals surface area contributed by atoms with E-state index in [1.807, 2.05) is 41.3 Å². The van der Waals surface area contributed by atoms with E-state index in [0.29, 0.717) is 0 Å². The second kappa shape index (κ2) is 9.93. The molecule has 0 N–H and O–H groups in total. The van der Waals surface area contributed by atoms with Crippen molar-refractivity contribution in [2.45, 2.75) is 32.1 Å². The summed E-state index contributed by atoms with van der Waals surface area (Å²) >= 11 is 0. The summed E-state index contributed by atoms with van der Waals surface area (Å²) in [4.78, 5) is 26.0. The first-order chi connectivity index (χ1) is 13.7. The van der Waals surface area contributed by atoms with Crippen molar-refractivity contribution in [3.05, 3.63) is 48.0 Å². The molecular formula is C23H27NO4. The molecule has 1 aliphatic rings. The van der Waals surface area contributed by atoms with E-state index in [2.05, 4.69) is 0 Å². The van der Waals surface area contributed by atoms with E-state index in [1.165, 1.54) is 12.5 Å². The van der Waals surface area contributed by atoms with Crippen LogP contribution < -0.4 is 4.74 Å². The van der Waals surface area contributed by atoms with Crippen molar-refractivity contribution in [3.8, 4) is 5.75 Å². The van der Waals surface area contributed by atoms with Crippen LogP contribution in [0, 0.1) is 0 Å². The first-order valence-electron chi connectivity index (χ1n) is 9.86. The number of esters is 1. The Morgan fingerprint density at radius 3 is 2.39 bits per heavy atom. The fourth-order valence-corrected chi connectivity index (χ4v) is 3.41. The Kier molecular flexibility index (Phi) is 7.06. The molecule has 5 nitrogen and oxygen atoms in total. The van der Waals surface area contributed by atoms with Crippen LogP contribution in [0.3, 0.4) is 0 Å². The predicted octanol–water partition coefficient (Wildman–Crippen LogP) is 4.20. The number of carbonyl (C=O) groups excluding carboxylic acids is 2. The van der Waals surface area contributed by atoms with E-state index in [4.69, 9.17) is 9.47 Å². The number of nitrogens with zero attached hydrogens (tertiary/aromatic N) is 1. The highest BCUT2D eigenvalue weighted by molar-refractivity contribution is 5.91. The van der Waals surface area contributed by atoms with Crippen LogP contribution in [0.4, 0.5) is 0 Å². The fraction of sp³-hybridized carbons (Fsp3) is 0.391. The lowest BCUT2D eigenvalue weighted by molar-refractivity contribution is -0.148. The molecule has 0 aliphatic carbocycles. The van der Waals surface area contributed by atoms with E-state index in [0.717, 1.165) is 60.9 Å². The van der Waals surface area contributed by atoms with Crippen LogP contribution in [0.5, 0.6) is 5.75 Å². The zero-order chi connectivity index (χ0) is 19.8. The first-order valence-corrected chi connectivity index (χ1v) is 9.86. The van der Waals surface area contributed by atoms with Crippen molar-refractivity contribution < 1.29 is 19.1 Å². The molecule has 28 heavy (non-hydrogen) atoms. The Labute approximate surface area is 165 Å². The standard InChI is InChI=1S/C23H27NO4/c1-27-21-11-10-19-15-18(7-9-20(19)16-21)8-12-23(26)28-17-22(25)24-13-5-3-2-4-6-14-24/h7-12,15-16H,2-6,13-14,17H2,1H3/b12-8+. The third-order valence-corrected chi connectivity index (χ3v) is 5.03. The van der Waals surface area contributed by atoms with Crippen LogP contribution in [-0.2, 0) is 14.3 Å². The lowest BCUT2D eigenvalue weighted by atomic mass is 10.1. The van der Waals surface area contributed by atoms with E-state index >= 15 is 0 Å². The molecule has 148 valence electrons. The Morgan fingerprint density at radius 1 is 0.964 bits per heavy atom. The molecule has 0 saturated carbocycles. The van der Waals surface area contributed by atoms with Crippen LogP contribution in [0.2, 0.25) is 0 Å². The molecule has 1 amide bonds. The summed E-state index contributed by atoms with van der Waals surface area (Å²) in [5, 5.41) is 2.13. The Morgan fingerprint density at radius 2 is 1.64 bits per heavy atom. The lowest BCUT2D eigenvalue weighted by Crippen LogP contribution is -2.36. The Hall–Kier alpha value is -2.82. The Balaban J connectivity index is 1.53. The van der Waals surface area contributed by atoms with Crippen molar-refractivity contribution in [1.29, 1.82) is 0 Å². The molecule has 1 heterocycles. The number of fused-ring (bicyclic) bond motifs is 1. The third-order valence-electron chi connectivity index (χ3n) is 5.03. The summed E-state index contributed by atoms with van der Waals surface area (Å²) in [5.41, 5.74) is 0.893. The van der Waals surface area contributed by atoms with Crippen molar-refractivity contribution >= 4 is 28.7 Å². The molecule has 3 rings (SSSR count). The van der Waals surface area contributed by atoms with Crippen LogP contribution in [0.1, 0.15) is 37.7 Å². The highest BCUT2D eigenvalue weighted by Crippen LogP contribution is 2.22. The molecule has 1 saturated heterocycles. The smallest absolute Gasteiger partial charge is 0.331 e. The van der Waals surface area contributed by atoms with Gasteiger partial charge in [0.05, 0.1) is 7.11 Å². The molecule has 0 spiro atoms. The van der Waals surface area contributed by atoms with Crippen molar-refractivity contribution in [3.63, 3.8) is 0 Å². The molecule has 2 aromatic rings. The number of hydrogen-bond acceptors (Lipinski definition) is 4. The fourth-order valence-electron chi connectivity index (χ4n) is 3.41. The van der Waals surface area contributed by atoms with E-state index in [1.54, 1.807) is 13.2 Å². The topological polar surface area (TPSA) is 55.8 Å². The third kappa shape index (κ3) is 5.59. The molecule has 0 atom stereocenters. The van der Waals surface area contributed by atoms with Gasteiger partial charge in [-0.2, -0.15) is 0 Å². The lowest BCUT2D eigenvalue weighted by Gasteiger charge is -2.24. The quantitative estimate of drug-likeness (QED) is 0.575. The molecule has 5 heteroatoms. The highest BCUT2D eigenvalue weighted by Gasteiger charge is 2.15. The minimum absolute atomic E-state index is 0.108. The van der Waals surface area contributed by atoms with Gasteiger partial charge in [0, 0.05) is 19.2 Å². The van der Waals surface area contributed by atoms with Crippen molar-refractivity contribution in [2.75, 3.05) is 26.8 Å². The van der Waals surface area contributed by atoms with Gasteiger partial charge in [-0.15, -0.1) is 0 Å². The molecule has 1 fully saturated rings. The van der Waals surface area contributed by atoms with Crippen molar-refractivity contribution in [2.24, 2.45) is 0 Å². The number of ether oxygens (including phenoxy) is 2. The van der Waals surface area contributed by atoms with Gasteiger partial charge in [-0.3, -0.25) is 4.79 Å². The zero-order valence-corrected chi connectivity index (χ0v) is 16.4. The number of methoxy groups -OCH3 is 1. The number of likely N-dealkylation sites (tertiary alicyclic amines) is 1. The number of amides is 1. The first kappa shape index (κ1) is 19.9. The number of rotatable bonds is 5. The Bertz CT molecular complexity index is 851. The van der Waals surface area contributed by atoms with Crippen LogP contribution >= 0.6 is 0 Å². The second-order valence-corrected chi connectivity index (χ2v) is 7.06. The number of carbonyl (C=O) groups is 2. The zero-order valence-electron chi connectivity index (χ0n) is 16.4. The maximum Gasteiger partial charge on any atom is 0.331 e. The average Bonchev–Trinajstić information content (AvgIpc) is 2.69. The SMILES string of the molecule is COc1ccc2cc(/C=C/C(=O)OCC(=O)N3CCCCCCC3)ccc2c1. The van der Waals surface area contributed by atoms with Gasteiger partial charge in [-0.25, -0.2) is 4.79 Å². The molecular weight excluding hydrogens is 354 g/mol. The monoisotopic (exact) mass is 381 g/mol. The van der Waals surface area contributed by atoms with Gasteiger partial charge in [-0.1, -0.05) is 37.5 Å². The normalized spacial score (nSPS) is 15.2. The molecule has 0 bridgehead atoms. The molecule has 2 aromatic carbocycles. The van der Waals surface area contributed by atoms with Crippen LogP contribution in [0.15, 0.2) is 42.5 Å². The van der Waals surface area contributed by atoms with Gasteiger partial charge in [0.1, 0.15) is 5.75 Å². The largest absolute Gasteiger partial charge is 0.497 e. The maximum absolute atomic E-state index is 12.3. The molecule has 1 aliphatic heterocycles. The van der Waals surface area contributed by atoms with Gasteiger partial charge in [0.15, 0.2) is 6.61 Å². The van der Waals surface area contributed by atoms with E-state index in [-0.39, 0.29) is 12.5 Å². The van der Waals surface area contributed by atoms with Gasteiger partial charge in [0.2, 0.25) is 0 Å².